The van der Waals surface area contributed by atoms with Crippen LogP contribution in [0, 0.1) is 0 Å². The van der Waals surface area contributed by atoms with Gasteiger partial charge in [-0.3, -0.25) is 9.59 Å². The number of rotatable bonds is 9. The summed E-state index contributed by atoms with van der Waals surface area (Å²) in [5.41, 5.74) is 3.25. The average molecular weight is 403 g/mol. The minimum Gasteiger partial charge on any atom is -0.493 e. The number of carbonyl (C=O) groups is 2. The molecule has 0 heterocycles. The number of anilines is 2. The molecule has 3 rings (SSSR count). The van der Waals surface area contributed by atoms with Crippen molar-refractivity contribution >= 4 is 23.2 Å². The fourth-order valence-electron chi connectivity index (χ4n) is 2.84. The first-order valence-corrected chi connectivity index (χ1v) is 9.77. The fraction of sp³-hybridized carbons (Fsp3) is 0.167. The first kappa shape index (κ1) is 20.9. The smallest absolute Gasteiger partial charge is 0.251 e. The van der Waals surface area contributed by atoms with Crippen LogP contribution in [-0.2, 0) is 11.2 Å². The molecule has 0 unspecified atom stereocenters. The Bertz CT molecular complexity index is 955. The fourth-order valence-corrected chi connectivity index (χ4v) is 2.84. The summed E-state index contributed by atoms with van der Waals surface area (Å²) >= 11 is 0. The van der Waals surface area contributed by atoms with Crippen LogP contribution >= 0.6 is 0 Å². The molecule has 6 heteroatoms. The summed E-state index contributed by atoms with van der Waals surface area (Å²) in [5, 5.41) is 8.43. The van der Waals surface area contributed by atoms with Crippen molar-refractivity contribution < 1.29 is 14.3 Å². The van der Waals surface area contributed by atoms with E-state index in [1.54, 1.807) is 31.3 Å². The van der Waals surface area contributed by atoms with Crippen LogP contribution < -0.4 is 20.7 Å². The molecule has 2 amide bonds. The van der Waals surface area contributed by atoms with Crippen LogP contribution in [0.3, 0.4) is 0 Å². The van der Waals surface area contributed by atoms with Gasteiger partial charge in [-0.15, -0.1) is 0 Å². The van der Waals surface area contributed by atoms with Crippen LogP contribution in [0.5, 0.6) is 5.75 Å². The minimum absolute atomic E-state index is 0.130. The number of amides is 2. The normalized spacial score (nSPS) is 10.2. The van der Waals surface area contributed by atoms with Crippen molar-refractivity contribution in [3.8, 4) is 5.75 Å². The van der Waals surface area contributed by atoms with Gasteiger partial charge in [0.1, 0.15) is 5.75 Å². The highest BCUT2D eigenvalue weighted by atomic mass is 16.5. The molecule has 0 bridgehead atoms. The number of hydrogen-bond acceptors (Lipinski definition) is 4. The Labute approximate surface area is 176 Å². The van der Waals surface area contributed by atoms with Gasteiger partial charge >= 0.3 is 0 Å². The summed E-state index contributed by atoms with van der Waals surface area (Å²) in [6.07, 6.45) is 0.852. The second-order valence-corrected chi connectivity index (χ2v) is 6.67. The Morgan fingerprint density at radius 1 is 0.833 bits per heavy atom. The Morgan fingerprint density at radius 2 is 1.50 bits per heavy atom. The van der Waals surface area contributed by atoms with E-state index in [2.05, 4.69) is 28.1 Å². The van der Waals surface area contributed by atoms with Gasteiger partial charge in [0.15, 0.2) is 0 Å². The second-order valence-electron chi connectivity index (χ2n) is 6.67. The highest BCUT2D eigenvalue weighted by Crippen LogP contribution is 2.16. The third-order valence-electron chi connectivity index (χ3n) is 4.47. The molecule has 3 aromatic carbocycles. The Balaban J connectivity index is 1.40. The lowest BCUT2D eigenvalue weighted by Crippen LogP contribution is -2.22. The molecule has 154 valence electrons. The van der Waals surface area contributed by atoms with Crippen molar-refractivity contribution in [3.63, 3.8) is 0 Å². The first-order chi connectivity index (χ1) is 14.6. The minimum atomic E-state index is -0.175. The van der Waals surface area contributed by atoms with Crippen molar-refractivity contribution in [1.29, 1.82) is 0 Å². The number of benzene rings is 3. The molecule has 0 fully saturated rings. The second kappa shape index (κ2) is 10.7. The van der Waals surface area contributed by atoms with Crippen LogP contribution in [0.15, 0.2) is 78.9 Å². The van der Waals surface area contributed by atoms with Crippen LogP contribution in [0.2, 0.25) is 0 Å². The molecule has 0 aliphatic heterocycles. The molecule has 3 aromatic rings. The summed E-state index contributed by atoms with van der Waals surface area (Å²) in [6, 6.07) is 24.4. The van der Waals surface area contributed by atoms with Crippen molar-refractivity contribution in [2.45, 2.75) is 6.42 Å². The lowest BCUT2D eigenvalue weighted by molar-refractivity contribution is -0.114. The zero-order chi connectivity index (χ0) is 21.2. The zero-order valence-electron chi connectivity index (χ0n) is 16.9. The van der Waals surface area contributed by atoms with E-state index in [1.807, 2.05) is 42.5 Å². The van der Waals surface area contributed by atoms with Crippen LogP contribution in [0.1, 0.15) is 15.9 Å². The molecule has 30 heavy (non-hydrogen) atoms. The van der Waals surface area contributed by atoms with E-state index in [4.69, 9.17) is 4.74 Å². The molecule has 0 aliphatic rings. The summed E-state index contributed by atoms with van der Waals surface area (Å²) in [6.45, 7) is 0.739. The van der Waals surface area contributed by atoms with Gasteiger partial charge in [-0.1, -0.05) is 30.3 Å². The van der Waals surface area contributed by atoms with Gasteiger partial charge in [0.25, 0.3) is 5.91 Å². The van der Waals surface area contributed by atoms with Crippen molar-refractivity contribution in [2.75, 3.05) is 30.8 Å². The van der Waals surface area contributed by atoms with Crippen LogP contribution in [0.4, 0.5) is 11.4 Å². The molecule has 3 N–H and O–H groups in total. The predicted molar refractivity (Wildman–Crippen MR) is 119 cm³/mol. The molecular formula is C24H25N3O3. The number of ether oxygens (including phenoxy) is 1. The molecule has 0 aromatic heterocycles. The standard InChI is InChI=1S/C24H25N3O3/c1-25-24(29)19-7-9-21(10-8-19)27-23(28)17-26-20-11-13-22(14-12-20)30-16-15-18-5-3-2-4-6-18/h2-14,26H,15-17H2,1H3,(H,25,29)(H,27,28). The summed E-state index contributed by atoms with van der Waals surface area (Å²) < 4.78 is 5.77. The highest BCUT2D eigenvalue weighted by molar-refractivity contribution is 5.96. The zero-order valence-corrected chi connectivity index (χ0v) is 16.9. The van der Waals surface area contributed by atoms with E-state index in [0.29, 0.717) is 17.9 Å². The summed E-state index contributed by atoms with van der Waals surface area (Å²) in [5.74, 6) is 0.449. The van der Waals surface area contributed by atoms with Gasteiger partial charge in [-0.2, -0.15) is 0 Å². The van der Waals surface area contributed by atoms with Gasteiger partial charge < -0.3 is 20.7 Å². The van der Waals surface area contributed by atoms with Crippen LogP contribution in [0.25, 0.3) is 0 Å². The molecule has 6 nitrogen and oxygen atoms in total. The quantitative estimate of drug-likeness (QED) is 0.509. The number of hydrogen-bond donors (Lipinski definition) is 3. The van der Waals surface area contributed by atoms with E-state index < -0.39 is 0 Å². The molecule has 0 atom stereocenters. The SMILES string of the molecule is CNC(=O)c1ccc(NC(=O)CNc2ccc(OCCc3ccccc3)cc2)cc1. The predicted octanol–water partition coefficient (Wildman–Crippen LogP) is 3.72. The number of carbonyl (C=O) groups excluding carboxylic acids is 2. The maximum Gasteiger partial charge on any atom is 0.251 e. The maximum atomic E-state index is 12.1. The molecule has 0 spiro atoms. The van der Waals surface area contributed by atoms with Gasteiger partial charge in [0.05, 0.1) is 13.2 Å². The highest BCUT2D eigenvalue weighted by Gasteiger charge is 2.05. The molecule has 0 saturated carbocycles. The van der Waals surface area contributed by atoms with Gasteiger partial charge in [0, 0.05) is 30.4 Å². The van der Waals surface area contributed by atoms with Crippen LogP contribution in [-0.4, -0.2) is 32.0 Å². The average Bonchev–Trinajstić information content (AvgIpc) is 2.79. The molecule has 0 radical (unpaired) electrons. The molecule has 0 saturated heterocycles. The Kier molecular flexibility index (Phi) is 7.44. The molecule has 0 aliphatic carbocycles. The summed E-state index contributed by atoms with van der Waals surface area (Å²) in [4.78, 5) is 23.7. The monoisotopic (exact) mass is 403 g/mol. The summed E-state index contributed by atoms with van der Waals surface area (Å²) in [7, 11) is 1.58. The maximum absolute atomic E-state index is 12.1. The van der Waals surface area contributed by atoms with Gasteiger partial charge in [0.2, 0.25) is 5.91 Å². The van der Waals surface area contributed by atoms with E-state index in [9.17, 15) is 9.59 Å². The lowest BCUT2D eigenvalue weighted by atomic mass is 10.2. The van der Waals surface area contributed by atoms with Gasteiger partial charge in [-0.05, 0) is 54.1 Å². The topological polar surface area (TPSA) is 79.5 Å². The largest absolute Gasteiger partial charge is 0.493 e. The van der Waals surface area contributed by atoms with Crippen molar-refractivity contribution in [3.05, 3.63) is 90.0 Å². The van der Waals surface area contributed by atoms with E-state index in [-0.39, 0.29) is 18.4 Å². The third kappa shape index (κ3) is 6.38. The van der Waals surface area contributed by atoms with Crippen molar-refractivity contribution in [2.24, 2.45) is 0 Å². The molecular weight excluding hydrogens is 378 g/mol. The lowest BCUT2D eigenvalue weighted by Gasteiger charge is -2.10. The Morgan fingerprint density at radius 3 is 2.17 bits per heavy atom. The van der Waals surface area contributed by atoms with Gasteiger partial charge in [-0.25, -0.2) is 0 Å². The Hall–Kier alpha value is -3.80. The number of nitrogens with one attached hydrogen (secondary N) is 3. The van der Waals surface area contributed by atoms with E-state index in [0.717, 1.165) is 17.9 Å². The van der Waals surface area contributed by atoms with Crippen molar-refractivity contribution in [1.82, 2.24) is 5.32 Å². The van der Waals surface area contributed by atoms with E-state index >= 15 is 0 Å². The third-order valence-corrected chi connectivity index (χ3v) is 4.47. The first-order valence-electron chi connectivity index (χ1n) is 9.77. The van der Waals surface area contributed by atoms with E-state index in [1.165, 1.54) is 5.56 Å².